The lowest BCUT2D eigenvalue weighted by molar-refractivity contribution is 0.208. The largest absolute Gasteiger partial charge is 0.475 e. The molecule has 1 heterocycles. The molecule has 0 aliphatic heterocycles. The maximum absolute atomic E-state index is 5.72. The monoisotopic (exact) mass is 278 g/mol. The summed E-state index contributed by atoms with van der Waals surface area (Å²) in [6.07, 6.45) is 2.91. The lowest BCUT2D eigenvalue weighted by Crippen LogP contribution is -2.36. The van der Waals surface area contributed by atoms with Crippen LogP contribution >= 0.6 is 0 Å². The van der Waals surface area contributed by atoms with Crippen molar-refractivity contribution in [1.82, 2.24) is 15.6 Å². The Morgan fingerprint density at radius 3 is 2.60 bits per heavy atom. The third-order valence-electron chi connectivity index (χ3n) is 2.80. The molecular formula is C15H26N4O. The Hall–Kier alpha value is -1.78. The van der Waals surface area contributed by atoms with Crippen LogP contribution < -0.4 is 15.4 Å². The minimum absolute atomic E-state index is 0.181. The van der Waals surface area contributed by atoms with Crippen LogP contribution in [0.4, 0.5) is 0 Å². The van der Waals surface area contributed by atoms with Crippen LogP contribution in [0, 0.1) is 0 Å². The summed E-state index contributed by atoms with van der Waals surface area (Å²) < 4.78 is 5.72. The topological polar surface area (TPSA) is 58.5 Å². The van der Waals surface area contributed by atoms with E-state index in [0.717, 1.165) is 31.0 Å². The zero-order chi connectivity index (χ0) is 14.8. The SMILES string of the molecule is CCNC(=NCc1ccnc(OC(C)CC)c1)NCC. The van der Waals surface area contributed by atoms with Gasteiger partial charge in [-0.1, -0.05) is 6.92 Å². The molecule has 1 aromatic heterocycles. The van der Waals surface area contributed by atoms with E-state index in [-0.39, 0.29) is 6.10 Å². The molecule has 112 valence electrons. The quantitative estimate of drug-likeness (QED) is 0.594. The van der Waals surface area contributed by atoms with Gasteiger partial charge in [0.2, 0.25) is 5.88 Å². The number of rotatable bonds is 7. The highest BCUT2D eigenvalue weighted by Gasteiger charge is 2.03. The third kappa shape index (κ3) is 5.91. The summed E-state index contributed by atoms with van der Waals surface area (Å²) in [6, 6.07) is 3.91. The molecule has 0 aromatic carbocycles. The van der Waals surface area contributed by atoms with E-state index in [1.807, 2.05) is 19.1 Å². The lowest BCUT2D eigenvalue weighted by atomic mass is 10.2. The molecule has 0 saturated heterocycles. The molecule has 0 aliphatic carbocycles. The zero-order valence-electron chi connectivity index (χ0n) is 12.9. The molecule has 0 amide bonds. The molecule has 0 radical (unpaired) electrons. The second kappa shape index (κ2) is 9.18. The van der Waals surface area contributed by atoms with Gasteiger partial charge >= 0.3 is 0 Å². The Bertz CT molecular complexity index is 412. The third-order valence-corrected chi connectivity index (χ3v) is 2.80. The highest BCUT2D eigenvalue weighted by molar-refractivity contribution is 5.79. The molecule has 1 unspecified atom stereocenters. The number of guanidine groups is 1. The molecule has 0 aliphatic rings. The van der Waals surface area contributed by atoms with E-state index < -0.39 is 0 Å². The van der Waals surface area contributed by atoms with Gasteiger partial charge in [-0.05, 0) is 38.8 Å². The van der Waals surface area contributed by atoms with Gasteiger partial charge < -0.3 is 15.4 Å². The number of pyridine rings is 1. The van der Waals surface area contributed by atoms with E-state index in [0.29, 0.717) is 12.4 Å². The van der Waals surface area contributed by atoms with Gasteiger partial charge in [0.25, 0.3) is 0 Å². The van der Waals surface area contributed by atoms with Crippen molar-refractivity contribution in [2.45, 2.75) is 46.8 Å². The summed E-state index contributed by atoms with van der Waals surface area (Å²) in [5.41, 5.74) is 1.09. The van der Waals surface area contributed by atoms with Gasteiger partial charge in [0.15, 0.2) is 5.96 Å². The normalized spacial score (nSPS) is 11.6. The minimum Gasteiger partial charge on any atom is -0.475 e. The Morgan fingerprint density at radius 1 is 1.30 bits per heavy atom. The van der Waals surface area contributed by atoms with Crippen LogP contribution in [0.1, 0.15) is 39.7 Å². The highest BCUT2D eigenvalue weighted by atomic mass is 16.5. The van der Waals surface area contributed by atoms with Gasteiger partial charge in [-0.3, -0.25) is 0 Å². The van der Waals surface area contributed by atoms with Crippen molar-refractivity contribution in [2.75, 3.05) is 13.1 Å². The molecule has 5 heteroatoms. The van der Waals surface area contributed by atoms with Crippen molar-refractivity contribution in [3.8, 4) is 5.88 Å². The number of nitrogens with zero attached hydrogens (tertiary/aromatic N) is 2. The predicted molar refractivity (Wildman–Crippen MR) is 83.1 cm³/mol. The zero-order valence-corrected chi connectivity index (χ0v) is 12.9. The molecule has 1 rings (SSSR count). The van der Waals surface area contributed by atoms with Crippen LogP contribution in [0.25, 0.3) is 0 Å². The van der Waals surface area contributed by atoms with E-state index in [4.69, 9.17) is 4.74 Å². The average molecular weight is 278 g/mol. The van der Waals surface area contributed by atoms with Gasteiger partial charge in [-0.15, -0.1) is 0 Å². The van der Waals surface area contributed by atoms with Crippen LogP contribution in [0.15, 0.2) is 23.3 Å². The second-order valence-corrected chi connectivity index (χ2v) is 4.56. The summed E-state index contributed by atoms with van der Waals surface area (Å²) in [6.45, 7) is 10.6. The number of ether oxygens (including phenoxy) is 1. The van der Waals surface area contributed by atoms with Crippen LogP contribution in [0.2, 0.25) is 0 Å². The molecule has 2 N–H and O–H groups in total. The number of aromatic nitrogens is 1. The lowest BCUT2D eigenvalue weighted by Gasteiger charge is -2.12. The predicted octanol–water partition coefficient (Wildman–Crippen LogP) is 2.33. The fraction of sp³-hybridized carbons (Fsp3) is 0.600. The Kier molecular flexibility index (Phi) is 7.47. The van der Waals surface area contributed by atoms with Crippen LogP contribution in [0.3, 0.4) is 0 Å². The average Bonchev–Trinajstić information content (AvgIpc) is 2.45. The van der Waals surface area contributed by atoms with Gasteiger partial charge in [0.05, 0.1) is 12.6 Å². The molecule has 0 saturated carbocycles. The summed E-state index contributed by atoms with van der Waals surface area (Å²) in [7, 11) is 0. The maximum Gasteiger partial charge on any atom is 0.213 e. The fourth-order valence-electron chi connectivity index (χ4n) is 1.58. The first-order valence-corrected chi connectivity index (χ1v) is 7.33. The van der Waals surface area contributed by atoms with Gasteiger partial charge in [0, 0.05) is 25.4 Å². The number of hydrogen-bond acceptors (Lipinski definition) is 3. The Balaban J connectivity index is 2.67. The van der Waals surface area contributed by atoms with Crippen LogP contribution in [-0.4, -0.2) is 30.1 Å². The van der Waals surface area contributed by atoms with Crippen LogP contribution in [-0.2, 0) is 6.54 Å². The summed E-state index contributed by atoms with van der Waals surface area (Å²) >= 11 is 0. The van der Waals surface area contributed by atoms with E-state index in [2.05, 4.69) is 41.4 Å². The molecule has 20 heavy (non-hydrogen) atoms. The molecular weight excluding hydrogens is 252 g/mol. The number of aliphatic imine (C=N–C) groups is 1. The van der Waals surface area contributed by atoms with Gasteiger partial charge in [-0.25, -0.2) is 9.98 Å². The van der Waals surface area contributed by atoms with E-state index in [1.54, 1.807) is 6.20 Å². The first-order valence-electron chi connectivity index (χ1n) is 7.33. The Labute approximate surface area is 121 Å². The molecule has 0 bridgehead atoms. The Morgan fingerprint density at radius 2 is 2.00 bits per heavy atom. The first kappa shape index (κ1) is 16.3. The van der Waals surface area contributed by atoms with Crippen LogP contribution in [0.5, 0.6) is 5.88 Å². The summed E-state index contributed by atoms with van der Waals surface area (Å²) in [5.74, 6) is 1.50. The van der Waals surface area contributed by atoms with Crippen molar-refractivity contribution in [3.63, 3.8) is 0 Å². The van der Waals surface area contributed by atoms with E-state index in [1.165, 1.54) is 0 Å². The maximum atomic E-state index is 5.72. The molecule has 1 aromatic rings. The second-order valence-electron chi connectivity index (χ2n) is 4.56. The number of nitrogens with one attached hydrogen (secondary N) is 2. The summed E-state index contributed by atoms with van der Waals surface area (Å²) in [4.78, 5) is 8.75. The first-order chi connectivity index (χ1) is 9.69. The van der Waals surface area contributed by atoms with Crippen molar-refractivity contribution in [3.05, 3.63) is 23.9 Å². The van der Waals surface area contributed by atoms with Crippen molar-refractivity contribution in [1.29, 1.82) is 0 Å². The number of hydrogen-bond donors (Lipinski definition) is 2. The van der Waals surface area contributed by atoms with Crippen molar-refractivity contribution >= 4 is 5.96 Å². The van der Waals surface area contributed by atoms with Gasteiger partial charge in [-0.2, -0.15) is 0 Å². The standard InChI is InChI=1S/C15H26N4O/c1-5-12(4)20-14-10-13(8-9-18-14)11-19-15(16-6-2)17-7-3/h8-10,12H,5-7,11H2,1-4H3,(H2,16,17,19). The minimum atomic E-state index is 0.181. The van der Waals surface area contributed by atoms with Crippen molar-refractivity contribution in [2.24, 2.45) is 4.99 Å². The van der Waals surface area contributed by atoms with Gasteiger partial charge in [0.1, 0.15) is 0 Å². The van der Waals surface area contributed by atoms with Crippen molar-refractivity contribution < 1.29 is 4.74 Å². The summed E-state index contributed by atoms with van der Waals surface area (Å²) in [5, 5.41) is 6.40. The molecule has 1 atom stereocenters. The smallest absolute Gasteiger partial charge is 0.213 e. The van der Waals surface area contributed by atoms with E-state index >= 15 is 0 Å². The highest BCUT2D eigenvalue weighted by Crippen LogP contribution is 2.13. The molecule has 0 spiro atoms. The van der Waals surface area contributed by atoms with E-state index in [9.17, 15) is 0 Å². The fourth-order valence-corrected chi connectivity index (χ4v) is 1.58. The molecule has 0 fully saturated rings. The molecule has 5 nitrogen and oxygen atoms in total.